The molecule has 2 heterocycles. The Morgan fingerprint density at radius 1 is 1.12 bits per heavy atom. The first-order valence-electron chi connectivity index (χ1n) is 7.70. The van der Waals surface area contributed by atoms with Crippen molar-refractivity contribution in [2.45, 2.75) is 6.54 Å². The zero-order chi connectivity index (χ0) is 16.8. The molecule has 1 aromatic carbocycles. The highest BCUT2D eigenvalue weighted by Crippen LogP contribution is 2.28. The third kappa shape index (κ3) is 4.18. The molecule has 0 saturated heterocycles. The predicted octanol–water partition coefficient (Wildman–Crippen LogP) is 4.48. The number of pyridine rings is 1. The van der Waals surface area contributed by atoms with Crippen molar-refractivity contribution in [3.05, 3.63) is 83.5 Å². The first-order valence-corrected chi connectivity index (χ1v) is 8.51. The third-order valence-electron chi connectivity index (χ3n) is 3.59. The maximum atomic E-state index is 12.2. The van der Waals surface area contributed by atoms with Gasteiger partial charge in [-0.05, 0) is 35.4 Å². The van der Waals surface area contributed by atoms with Gasteiger partial charge in [-0.25, -0.2) is 0 Å². The lowest BCUT2D eigenvalue weighted by molar-refractivity contribution is -0.125. The number of amides is 1. The number of benzene rings is 1. The molecule has 0 aliphatic rings. The second kappa shape index (κ2) is 7.70. The Labute approximate surface area is 145 Å². The van der Waals surface area contributed by atoms with Crippen molar-refractivity contribution in [2.75, 3.05) is 7.05 Å². The van der Waals surface area contributed by atoms with Crippen molar-refractivity contribution in [2.24, 2.45) is 0 Å². The molecule has 0 saturated carbocycles. The van der Waals surface area contributed by atoms with E-state index < -0.39 is 0 Å². The number of thiophene rings is 1. The summed E-state index contributed by atoms with van der Waals surface area (Å²) in [5.41, 5.74) is 2.21. The van der Waals surface area contributed by atoms with Gasteiger partial charge in [0.25, 0.3) is 0 Å². The van der Waals surface area contributed by atoms with Gasteiger partial charge in [-0.3, -0.25) is 9.78 Å². The summed E-state index contributed by atoms with van der Waals surface area (Å²) in [5, 5.41) is 0. The molecule has 0 aliphatic heterocycles. The number of carbonyl (C=O) groups excluding carboxylic acids is 1. The SMILES string of the molecule is CN(Cc1cccnc1)C(=O)C=Cc1ccc(-c2ccccc2)s1. The van der Waals surface area contributed by atoms with Gasteiger partial charge >= 0.3 is 0 Å². The highest BCUT2D eigenvalue weighted by molar-refractivity contribution is 7.16. The van der Waals surface area contributed by atoms with Crippen LogP contribution in [0.25, 0.3) is 16.5 Å². The average molecular weight is 334 g/mol. The Morgan fingerprint density at radius 2 is 1.96 bits per heavy atom. The van der Waals surface area contributed by atoms with E-state index in [1.807, 2.05) is 42.5 Å². The molecule has 0 atom stereocenters. The van der Waals surface area contributed by atoms with E-state index in [4.69, 9.17) is 0 Å². The quantitative estimate of drug-likeness (QED) is 0.645. The Morgan fingerprint density at radius 3 is 2.71 bits per heavy atom. The summed E-state index contributed by atoms with van der Waals surface area (Å²) in [6, 6.07) is 18.2. The van der Waals surface area contributed by atoms with Gasteiger partial charge < -0.3 is 4.90 Å². The second-order valence-electron chi connectivity index (χ2n) is 5.46. The largest absolute Gasteiger partial charge is 0.338 e. The second-order valence-corrected chi connectivity index (χ2v) is 6.57. The van der Waals surface area contributed by atoms with Crippen molar-refractivity contribution in [1.29, 1.82) is 0 Å². The molecule has 0 unspecified atom stereocenters. The average Bonchev–Trinajstić information content (AvgIpc) is 3.10. The lowest BCUT2D eigenvalue weighted by atomic mass is 10.2. The summed E-state index contributed by atoms with van der Waals surface area (Å²) < 4.78 is 0. The molecule has 0 N–H and O–H groups in total. The summed E-state index contributed by atoms with van der Waals surface area (Å²) >= 11 is 1.68. The molecular formula is C20H18N2OS. The molecule has 3 aromatic rings. The van der Waals surface area contributed by atoms with Crippen molar-refractivity contribution in [1.82, 2.24) is 9.88 Å². The van der Waals surface area contributed by atoms with Crippen molar-refractivity contribution >= 4 is 23.3 Å². The molecule has 3 nitrogen and oxygen atoms in total. The molecular weight excluding hydrogens is 316 g/mol. The summed E-state index contributed by atoms with van der Waals surface area (Å²) in [5.74, 6) is -0.0199. The molecule has 4 heteroatoms. The van der Waals surface area contributed by atoms with E-state index >= 15 is 0 Å². The molecule has 1 amide bonds. The van der Waals surface area contributed by atoms with Gasteiger partial charge in [0.15, 0.2) is 0 Å². The van der Waals surface area contributed by atoms with Crippen molar-refractivity contribution in [3.63, 3.8) is 0 Å². The van der Waals surface area contributed by atoms with E-state index in [0.29, 0.717) is 6.54 Å². The van der Waals surface area contributed by atoms with Crippen LogP contribution in [0.2, 0.25) is 0 Å². The van der Waals surface area contributed by atoms with Crippen molar-refractivity contribution in [3.8, 4) is 10.4 Å². The highest BCUT2D eigenvalue weighted by atomic mass is 32.1. The summed E-state index contributed by atoms with van der Waals surface area (Å²) in [7, 11) is 1.80. The van der Waals surface area contributed by atoms with Crippen LogP contribution < -0.4 is 0 Å². The minimum Gasteiger partial charge on any atom is -0.338 e. The first kappa shape index (κ1) is 16.1. The third-order valence-corrected chi connectivity index (χ3v) is 4.69. The van der Waals surface area contributed by atoms with Gasteiger partial charge in [-0.1, -0.05) is 36.4 Å². The number of carbonyl (C=O) groups is 1. The Balaban J connectivity index is 1.63. The topological polar surface area (TPSA) is 33.2 Å². The molecule has 2 aromatic heterocycles. The van der Waals surface area contributed by atoms with Crippen LogP contribution in [0.3, 0.4) is 0 Å². The zero-order valence-corrected chi connectivity index (χ0v) is 14.2. The summed E-state index contributed by atoms with van der Waals surface area (Å²) in [4.78, 5) is 20.2. The standard InChI is InChI=1S/C20H18N2OS/c1-22(15-16-6-5-13-21-14-16)20(23)12-10-18-9-11-19(24-18)17-7-3-2-4-8-17/h2-14H,15H2,1H3. The number of hydrogen-bond donors (Lipinski definition) is 0. The normalized spacial score (nSPS) is 10.9. The fourth-order valence-electron chi connectivity index (χ4n) is 2.32. The van der Waals surface area contributed by atoms with Gasteiger partial charge in [-0.15, -0.1) is 11.3 Å². The number of nitrogens with zero attached hydrogens (tertiary/aromatic N) is 2. The summed E-state index contributed by atoms with van der Waals surface area (Å²) in [6.07, 6.45) is 7.00. The maximum absolute atomic E-state index is 12.2. The van der Waals surface area contributed by atoms with Crippen LogP contribution in [0.5, 0.6) is 0 Å². The Bertz CT molecular complexity index is 825. The molecule has 0 aliphatic carbocycles. The molecule has 0 spiro atoms. The monoisotopic (exact) mass is 334 g/mol. The first-order chi connectivity index (χ1) is 11.7. The smallest absolute Gasteiger partial charge is 0.246 e. The van der Waals surface area contributed by atoms with Gasteiger partial charge in [0, 0.05) is 41.8 Å². The van der Waals surface area contributed by atoms with Crippen LogP contribution in [-0.2, 0) is 11.3 Å². The van der Waals surface area contributed by atoms with E-state index in [0.717, 1.165) is 10.4 Å². The van der Waals surface area contributed by atoms with E-state index in [-0.39, 0.29) is 5.91 Å². The van der Waals surface area contributed by atoms with Crippen LogP contribution in [0.4, 0.5) is 0 Å². The fraction of sp³-hybridized carbons (Fsp3) is 0.100. The minimum atomic E-state index is -0.0199. The van der Waals surface area contributed by atoms with Crippen LogP contribution in [0.15, 0.2) is 73.1 Å². The molecule has 3 rings (SSSR count). The summed E-state index contributed by atoms with van der Waals surface area (Å²) in [6.45, 7) is 0.552. The van der Waals surface area contributed by atoms with Crippen LogP contribution in [0.1, 0.15) is 10.4 Å². The van der Waals surface area contributed by atoms with Crippen molar-refractivity contribution < 1.29 is 4.79 Å². The fourth-order valence-corrected chi connectivity index (χ4v) is 3.24. The van der Waals surface area contributed by atoms with Crippen LogP contribution >= 0.6 is 11.3 Å². The molecule has 0 bridgehead atoms. The Hall–Kier alpha value is -2.72. The molecule has 0 fully saturated rings. The molecule has 120 valence electrons. The number of rotatable bonds is 5. The van der Waals surface area contributed by atoms with Gasteiger partial charge in [0.1, 0.15) is 0 Å². The van der Waals surface area contributed by atoms with E-state index in [2.05, 4.69) is 23.2 Å². The minimum absolute atomic E-state index is 0.0199. The van der Waals surface area contributed by atoms with E-state index in [1.54, 1.807) is 41.8 Å². The predicted molar refractivity (Wildman–Crippen MR) is 99.5 cm³/mol. The van der Waals surface area contributed by atoms with Crippen LogP contribution in [-0.4, -0.2) is 22.8 Å². The van der Waals surface area contributed by atoms with Gasteiger partial charge in [0.05, 0.1) is 0 Å². The molecule has 0 radical (unpaired) electrons. The highest BCUT2D eigenvalue weighted by Gasteiger charge is 2.06. The Kier molecular flexibility index (Phi) is 5.18. The number of likely N-dealkylation sites (N-methyl/N-ethyl adjacent to an activating group) is 1. The molecule has 24 heavy (non-hydrogen) atoms. The van der Waals surface area contributed by atoms with Crippen LogP contribution in [0, 0.1) is 0 Å². The lowest BCUT2D eigenvalue weighted by Crippen LogP contribution is -2.24. The zero-order valence-electron chi connectivity index (χ0n) is 13.4. The van der Waals surface area contributed by atoms with Gasteiger partial charge in [-0.2, -0.15) is 0 Å². The lowest BCUT2D eigenvalue weighted by Gasteiger charge is -2.14. The van der Waals surface area contributed by atoms with Gasteiger partial charge in [0.2, 0.25) is 5.91 Å². The maximum Gasteiger partial charge on any atom is 0.246 e. The van der Waals surface area contributed by atoms with E-state index in [1.165, 1.54) is 10.4 Å². The van der Waals surface area contributed by atoms with E-state index in [9.17, 15) is 4.79 Å². The number of aromatic nitrogens is 1. The number of hydrogen-bond acceptors (Lipinski definition) is 3.